The van der Waals surface area contributed by atoms with Crippen molar-refractivity contribution in [2.75, 3.05) is 0 Å². The Balaban J connectivity index is 1.46. The molecule has 0 spiro atoms. The minimum absolute atomic E-state index is 0.203. The summed E-state index contributed by atoms with van der Waals surface area (Å²) in [6.45, 7) is 0. The topological polar surface area (TPSA) is 17.1 Å². The first kappa shape index (κ1) is 22.0. The van der Waals surface area contributed by atoms with Gasteiger partial charge in [-0.2, -0.15) is 23.5 Å². The van der Waals surface area contributed by atoms with Crippen LogP contribution in [0.5, 0.6) is 0 Å². The van der Waals surface area contributed by atoms with Crippen molar-refractivity contribution in [2.45, 2.75) is 86.2 Å². The highest BCUT2D eigenvalue weighted by Gasteiger charge is 2.20. The lowest BCUT2D eigenvalue weighted by Gasteiger charge is -2.22. The maximum absolute atomic E-state index is 13.6. The quantitative estimate of drug-likeness (QED) is 0.388. The average Bonchev–Trinajstić information content (AvgIpc) is 2.83. The van der Waals surface area contributed by atoms with Crippen LogP contribution in [0.25, 0.3) is 0 Å². The van der Waals surface area contributed by atoms with E-state index in [2.05, 4.69) is 47.8 Å². The van der Waals surface area contributed by atoms with Crippen LogP contribution in [-0.4, -0.2) is 16.3 Å². The maximum Gasteiger partial charge on any atom is 0.193 e. The van der Waals surface area contributed by atoms with Gasteiger partial charge in [0.25, 0.3) is 0 Å². The Morgan fingerprint density at radius 2 is 1.03 bits per heavy atom. The molecule has 0 saturated heterocycles. The third-order valence-corrected chi connectivity index (χ3v) is 9.42. The average molecular weight is 439 g/mol. The smallest absolute Gasteiger partial charge is 0.193 e. The van der Waals surface area contributed by atoms with E-state index in [9.17, 15) is 4.79 Å². The molecule has 0 N–H and O–H groups in total. The largest absolute Gasteiger partial charge is 0.289 e. The molecule has 2 saturated carbocycles. The van der Waals surface area contributed by atoms with E-state index in [-0.39, 0.29) is 5.78 Å². The van der Waals surface area contributed by atoms with Gasteiger partial charge in [-0.1, -0.05) is 87.1 Å². The molecular formula is C27H34OS2. The highest BCUT2D eigenvalue weighted by molar-refractivity contribution is 7.99. The van der Waals surface area contributed by atoms with E-state index < -0.39 is 0 Å². The number of carbonyl (C=O) groups is 1. The zero-order valence-corrected chi connectivity index (χ0v) is 19.6. The Labute approximate surface area is 190 Å². The number of ketones is 1. The molecule has 3 heteroatoms. The first-order valence-corrected chi connectivity index (χ1v) is 13.8. The normalized spacial score (nSPS) is 18.4. The standard InChI is InChI=1S/C27H34OS2/c28-27(25-17-9-7-11-21(25)19-29-23-13-3-1-4-14-23)26-18-10-8-12-22(26)20-30-24-15-5-2-6-16-24/h7-12,17-18,23-24H,1-6,13-16,19-20H2. The van der Waals surface area contributed by atoms with Crippen LogP contribution >= 0.6 is 23.5 Å². The van der Waals surface area contributed by atoms with Crippen LogP contribution in [-0.2, 0) is 11.5 Å². The van der Waals surface area contributed by atoms with Crippen LogP contribution in [0, 0.1) is 0 Å². The molecular weight excluding hydrogens is 404 g/mol. The molecule has 1 nitrogen and oxygen atoms in total. The number of thioether (sulfide) groups is 2. The van der Waals surface area contributed by atoms with Crippen LogP contribution in [0.3, 0.4) is 0 Å². The van der Waals surface area contributed by atoms with Gasteiger partial charge >= 0.3 is 0 Å². The van der Waals surface area contributed by atoms with E-state index in [4.69, 9.17) is 0 Å². The van der Waals surface area contributed by atoms with Gasteiger partial charge in [-0.15, -0.1) is 0 Å². The second-order valence-corrected chi connectivity index (χ2v) is 11.4. The van der Waals surface area contributed by atoms with Gasteiger partial charge < -0.3 is 0 Å². The van der Waals surface area contributed by atoms with Crippen molar-refractivity contribution >= 4 is 29.3 Å². The highest BCUT2D eigenvalue weighted by Crippen LogP contribution is 2.33. The van der Waals surface area contributed by atoms with Gasteiger partial charge in [0.1, 0.15) is 0 Å². The van der Waals surface area contributed by atoms with Crippen molar-refractivity contribution in [3.05, 3.63) is 70.8 Å². The predicted octanol–water partition coefficient (Wildman–Crippen LogP) is 8.05. The number of hydrogen-bond acceptors (Lipinski definition) is 3. The number of benzene rings is 2. The van der Waals surface area contributed by atoms with Crippen LogP contribution in [0.15, 0.2) is 48.5 Å². The fraction of sp³-hybridized carbons (Fsp3) is 0.519. The highest BCUT2D eigenvalue weighted by atomic mass is 32.2. The summed E-state index contributed by atoms with van der Waals surface area (Å²) < 4.78 is 0. The first-order valence-electron chi connectivity index (χ1n) is 11.7. The van der Waals surface area contributed by atoms with Crippen LogP contribution < -0.4 is 0 Å². The summed E-state index contributed by atoms with van der Waals surface area (Å²) in [5.41, 5.74) is 4.20. The maximum atomic E-state index is 13.6. The summed E-state index contributed by atoms with van der Waals surface area (Å²) in [5.74, 6) is 2.10. The second kappa shape index (κ2) is 11.4. The molecule has 0 bridgehead atoms. The molecule has 2 aliphatic carbocycles. The molecule has 2 aromatic carbocycles. The van der Waals surface area contributed by atoms with Crippen molar-refractivity contribution in [1.29, 1.82) is 0 Å². The monoisotopic (exact) mass is 438 g/mol. The molecule has 0 aromatic heterocycles. The van der Waals surface area contributed by atoms with Gasteiger partial charge in [0.2, 0.25) is 0 Å². The van der Waals surface area contributed by atoms with E-state index >= 15 is 0 Å². The summed E-state index contributed by atoms with van der Waals surface area (Å²) in [6.07, 6.45) is 13.6. The number of rotatable bonds is 8. The Kier molecular flexibility index (Phi) is 8.39. The van der Waals surface area contributed by atoms with Crippen LogP contribution in [0.1, 0.15) is 91.3 Å². The molecule has 0 atom stereocenters. The van der Waals surface area contributed by atoms with Gasteiger partial charge in [0.15, 0.2) is 5.78 Å². The summed E-state index contributed by atoms with van der Waals surface area (Å²) in [5, 5.41) is 1.53. The Morgan fingerprint density at radius 3 is 1.47 bits per heavy atom. The van der Waals surface area contributed by atoms with Crippen LogP contribution in [0.4, 0.5) is 0 Å². The van der Waals surface area contributed by atoms with Gasteiger partial charge in [-0.3, -0.25) is 4.79 Å². The molecule has 160 valence electrons. The van der Waals surface area contributed by atoms with Crippen molar-refractivity contribution in [2.24, 2.45) is 0 Å². The van der Waals surface area contributed by atoms with Gasteiger partial charge in [-0.05, 0) is 36.8 Å². The Morgan fingerprint density at radius 1 is 0.633 bits per heavy atom. The van der Waals surface area contributed by atoms with Crippen molar-refractivity contribution in [3.8, 4) is 0 Å². The molecule has 2 fully saturated rings. The lowest BCUT2D eigenvalue weighted by molar-refractivity contribution is 0.103. The molecule has 2 aliphatic rings. The minimum atomic E-state index is 0.203. The zero-order valence-electron chi connectivity index (χ0n) is 18.0. The predicted molar refractivity (Wildman–Crippen MR) is 133 cm³/mol. The minimum Gasteiger partial charge on any atom is -0.289 e. The van der Waals surface area contributed by atoms with Gasteiger partial charge in [0.05, 0.1) is 0 Å². The van der Waals surface area contributed by atoms with E-state index in [0.717, 1.165) is 33.1 Å². The molecule has 0 aliphatic heterocycles. The summed E-state index contributed by atoms with van der Waals surface area (Å²) in [4.78, 5) is 13.6. The van der Waals surface area contributed by atoms with E-state index in [1.165, 1.54) is 75.3 Å². The van der Waals surface area contributed by atoms with Gasteiger partial charge in [0, 0.05) is 33.1 Å². The molecule has 0 unspecified atom stereocenters. The lowest BCUT2D eigenvalue weighted by atomic mass is 9.96. The van der Waals surface area contributed by atoms with E-state index in [0.29, 0.717) is 0 Å². The van der Waals surface area contributed by atoms with Gasteiger partial charge in [-0.25, -0.2) is 0 Å². The third-order valence-electron chi connectivity index (χ3n) is 6.58. The lowest BCUT2D eigenvalue weighted by Crippen LogP contribution is -2.12. The molecule has 4 rings (SSSR count). The van der Waals surface area contributed by atoms with E-state index in [1.54, 1.807) is 0 Å². The molecule has 0 amide bonds. The molecule has 30 heavy (non-hydrogen) atoms. The second-order valence-electron chi connectivity index (χ2n) is 8.79. The van der Waals surface area contributed by atoms with Crippen molar-refractivity contribution in [1.82, 2.24) is 0 Å². The first-order chi connectivity index (χ1) is 14.8. The number of hydrogen-bond donors (Lipinski definition) is 0. The molecule has 0 heterocycles. The summed E-state index contributed by atoms with van der Waals surface area (Å²) in [7, 11) is 0. The fourth-order valence-electron chi connectivity index (χ4n) is 4.76. The summed E-state index contributed by atoms with van der Waals surface area (Å²) in [6, 6.07) is 16.6. The SMILES string of the molecule is O=C(c1ccccc1CSC1CCCCC1)c1ccccc1CSC1CCCCC1. The third kappa shape index (κ3) is 5.95. The Bertz CT molecular complexity index is 752. The molecule has 0 radical (unpaired) electrons. The fourth-order valence-corrected chi connectivity index (χ4v) is 7.43. The van der Waals surface area contributed by atoms with E-state index in [1.807, 2.05) is 24.3 Å². The Hall–Kier alpha value is -1.19. The summed E-state index contributed by atoms with van der Waals surface area (Å²) >= 11 is 4.11. The number of carbonyl (C=O) groups excluding carboxylic acids is 1. The van der Waals surface area contributed by atoms with Crippen molar-refractivity contribution < 1.29 is 4.79 Å². The van der Waals surface area contributed by atoms with Crippen LogP contribution in [0.2, 0.25) is 0 Å². The molecule has 2 aromatic rings. The van der Waals surface area contributed by atoms with Crippen molar-refractivity contribution in [3.63, 3.8) is 0 Å². The zero-order chi connectivity index (χ0) is 20.6.